The molecular weight excluding hydrogens is 335 g/mol. The van der Waals surface area contributed by atoms with E-state index in [-0.39, 0.29) is 17.5 Å². The quantitative estimate of drug-likeness (QED) is 0.874. The molecule has 0 bridgehead atoms. The number of benzene rings is 1. The highest BCUT2D eigenvalue weighted by Crippen LogP contribution is 2.17. The molecule has 1 N–H and O–H groups in total. The molecule has 1 aliphatic heterocycles. The molecule has 1 aromatic carbocycles. The molecular formula is C16H22BrFN2O. The predicted molar refractivity (Wildman–Crippen MR) is 85.9 cm³/mol. The lowest BCUT2D eigenvalue weighted by molar-refractivity contribution is 0.0906. The number of carbonyl (C=O) groups is 1. The van der Waals surface area contributed by atoms with E-state index in [9.17, 15) is 9.18 Å². The molecule has 21 heavy (non-hydrogen) atoms. The van der Waals surface area contributed by atoms with Crippen molar-refractivity contribution in [1.29, 1.82) is 0 Å². The van der Waals surface area contributed by atoms with Gasteiger partial charge in [0.05, 0.1) is 5.56 Å². The molecule has 1 aliphatic rings. The van der Waals surface area contributed by atoms with Gasteiger partial charge in [-0.05, 0) is 44.0 Å². The number of likely N-dealkylation sites (tertiary alicyclic amines) is 1. The Kier molecular flexibility index (Phi) is 6.18. The molecule has 0 atom stereocenters. The van der Waals surface area contributed by atoms with Crippen LogP contribution in [-0.4, -0.2) is 36.5 Å². The van der Waals surface area contributed by atoms with Crippen LogP contribution >= 0.6 is 15.9 Å². The van der Waals surface area contributed by atoms with Crippen LogP contribution in [0.1, 0.15) is 43.0 Å². The molecule has 0 unspecified atom stereocenters. The molecule has 1 fully saturated rings. The number of nitrogens with zero attached hydrogens (tertiary/aromatic N) is 1. The minimum Gasteiger partial charge on any atom is -0.349 e. The Morgan fingerprint density at radius 2 is 2.14 bits per heavy atom. The predicted octanol–water partition coefficient (Wildman–Crippen LogP) is 3.58. The summed E-state index contributed by atoms with van der Waals surface area (Å²) in [6.45, 7) is 5.35. The van der Waals surface area contributed by atoms with Gasteiger partial charge in [0.2, 0.25) is 0 Å². The van der Waals surface area contributed by atoms with Gasteiger partial charge in [0.15, 0.2) is 0 Å². The zero-order chi connectivity index (χ0) is 15.2. The Balaban J connectivity index is 1.84. The van der Waals surface area contributed by atoms with Gasteiger partial charge in [0.25, 0.3) is 5.91 Å². The summed E-state index contributed by atoms with van der Waals surface area (Å²) in [7, 11) is 0. The van der Waals surface area contributed by atoms with Crippen LogP contribution in [0.3, 0.4) is 0 Å². The van der Waals surface area contributed by atoms with Crippen LogP contribution in [0.25, 0.3) is 0 Å². The van der Waals surface area contributed by atoms with E-state index in [2.05, 4.69) is 33.1 Å². The molecule has 1 heterocycles. The van der Waals surface area contributed by atoms with Gasteiger partial charge in [0, 0.05) is 23.6 Å². The summed E-state index contributed by atoms with van der Waals surface area (Å²) >= 11 is 3.19. The lowest BCUT2D eigenvalue weighted by Crippen LogP contribution is -2.45. The molecule has 1 saturated heterocycles. The molecule has 1 amide bonds. The van der Waals surface area contributed by atoms with Crippen molar-refractivity contribution < 1.29 is 9.18 Å². The van der Waals surface area contributed by atoms with Gasteiger partial charge >= 0.3 is 0 Å². The second kappa shape index (κ2) is 7.90. The highest BCUT2D eigenvalue weighted by Gasteiger charge is 2.21. The fourth-order valence-electron chi connectivity index (χ4n) is 2.62. The molecule has 0 radical (unpaired) electrons. The van der Waals surface area contributed by atoms with E-state index >= 15 is 0 Å². The number of nitrogens with one attached hydrogen (secondary N) is 1. The molecule has 0 aliphatic carbocycles. The Hall–Kier alpha value is -0.940. The smallest absolute Gasteiger partial charge is 0.254 e. The van der Waals surface area contributed by atoms with Crippen LogP contribution in [-0.2, 0) is 0 Å². The summed E-state index contributed by atoms with van der Waals surface area (Å²) in [5.74, 6) is -0.797. The summed E-state index contributed by atoms with van der Waals surface area (Å²) in [5.41, 5.74) is 0.117. The number of carbonyl (C=O) groups excluding carboxylic acids is 1. The van der Waals surface area contributed by atoms with Crippen molar-refractivity contribution in [2.75, 3.05) is 19.6 Å². The van der Waals surface area contributed by atoms with Crippen molar-refractivity contribution in [1.82, 2.24) is 10.2 Å². The standard InChI is InChI=1S/C16H22BrFN2O/c1-2-3-8-20-9-6-13(7-10-20)19-16(21)14-5-4-12(17)11-15(14)18/h4-5,11,13H,2-3,6-10H2,1H3,(H,19,21). The number of rotatable bonds is 5. The maximum Gasteiger partial charge on any atom is 0.254 e. The summed E-state index contributed by atoms with van der Waals surface area (Å²) < 4.78 is 14.4. The monoisotopic (exact) mass is 356 g/mol. The SMILES string of the molecule is CCCCN1CCC(NC(=O)c2ccc(Br)cc2F)CC1. The normalized spacial score (nSPS) is 16.9. The molecule has 116 valence electrons. The van der Waals surface area contributed by atoms with Crippen molar-refractivity contribution in [3.63, 3.8) is 0 Å². The average Bonchev–Trinajstić information content (AvgIpc) is 2.46. The second-order valence-electron chi connectivity index (χ2n) is 5.57. The Labute approximate surface area is 134 Å². The highest BCUT2D eigenvalue weighted by atomic mass is 79.9. The van der Waals surface area contributed by atoms with Crippen LogP contribution in [0.15, 0.2) is 22.7 Å². The van der Waals surface area contributed by atoms with E-state index in [1.165, 1.54) is 25.0 Å². The fraction of sp³-hybridized carbons (Fsp3) is 0.562. The first-order valence-electron chi connectivity index (χ1n) is 7.58. The van der Waals surface area contributed by atoms with Gasteiger partial charge in [-0.25, -0.2) is 4.39 Å². The number of hydrogen-bond donors (Lipinski definition) is 1. The Morgan fingerprint density at radius 3 is 2.76 bits per heavy atom. The van der Waals surface area contributed by atoms with E-state index < -0.39 is 5.82 Å². The fourth-order valence-corrected chi connectivity index (χ4v) is 2.95. The van der Waals surface area contributed by atoms with E-state index in [0.29, 0.717) is 4.47 Å². The maximum absolute atomic E-state index is 13.8. The average molecular weight is 357 g/mol. The molecule has 2 rings (SSSR count). The third-order valence-corrected chi connectivity index (χ3v) is 4.42. The van der Waals surface area contributed by atoms with Gasteiger partial charge in [-0.1, -0.05) is 29.3 Å². The molecule has 0 saturated carbocycles. The van der Waals surface area contributed by atoms with E-state index in [1.807, 2.05) is 0 Å². The van der Waals surface area contributed by atoms with Crippen molar-refractivity contribution in [2.45, 2.75) is 38.6 Å². The molecule has 1 aromatic rings. The van der Waals surface area contributed by atoms with Crippen LogP contribution in [0.2, 0.25) is 0 Å². The highest BCUT2D eigenvalue weighted by molar-refractivity contribution is 9.10. The number of hydrogen-bond acceptors (Lipinski definition) is 2. The van der Waals surface area contributed by atoms with Crippen molar-refractivity contribution >= 4 is 21.8 Å². The van der Waals surface area contributed by atoms with E-state index in [0.717, 1.165) is 32.5 Å². The van der Waals surface area contributed by atoms with Crippen LogP contribution < -0.4 is 5.32 Å². The first-order valence-corrected chi connectivity index (χ1v) is 8.37. The Morgan fingerprint density at radius 1 is 1.43 bits per heavy atom. The van der Waals surface area contributed by atoms with Crippen molar-refractivity contribution in [2.24, 2.45) is 0 Å². The second-order valence-corrected chi connectivity index (χ2v) is 6.48. The molecule has 0 spiro atoms. The van der Waals surface area contributed by atoms with Crippen LogP contribution in [0.4, 0.5) is 4.39 Å². The summed E-state index contributed by atoms with van der Waals surface area (Å²) in [6.07, 6.45) is 4.31. The van der Waals surface area contributed by atoms with Gasteiger partial charge < -0.3 is 10.2 Å². The largest absolute Gasteiger partial charge is 0.349 e. The number of amides is 1. The lowest BCUT2D eigenvalue weighted by Gasteiger charge is -2.32. The maximum atomic E-state index is 13.8. The number of piperidine rings is 1. The summed E-state index contributed by atoms with van der Waals surface area (Å²) in [4.78, 5) is 14.6. The third-order valence-electron chi connectivity index (χ3n) is 3.93. The first kappa shape index (κ1) is 16.4. The molecule has 5 heteroatoms. The van der Waals surface area contributed by atoms with Gasteiger partial charge in [-0.2, -0.15) is 0 Å². The first-order chi connectivity index (χ1) is 10.1. The molecule has 3 nitrogen and oxygen atoms in total. The number of halogens is 2. The summed E-state index contributed by atoms with van der Waals surface area (Å²) in [6, 6.07) is 4.68. The number of unbranched alkanes of at least 4 members (excludes halogenated alkanes) is 1. The van der Waals surface area contributed by atoms with Gasteiger partial charge in [-0.15, -0.1) is 0 Å². The Bertz CT molecular complexity index is 487. The zero-order valence-corrected chi connectivity index (χ0v) is 14.0. The van der Waals surface area contributed by atoms with E-state index in [1.54, 1.807) is 6.07 Å². The van der Waals surface area contributed by atoms with Crippen molar-refractivity contribution in [3.8, 4) is 0 Å². The third kappa shape index (κ3) is 4.78. The van der Waals surface area contributed by atoms with Crippen molar-refractivity contribution in [3.05, 3.63) is 34.1 Å². The topological polar surface area (TPSA) is 32.3 Å². The van der Waals surface area contributed by atoms with E-state index in [4.69, 9.17) is 0 Å². The minimum atomic E-state index is -0.484. The summed E-state index contributed by atoms with van der Waals surface area (Å²) in [5, 5.41) is 2.95. The van der Waals surface area contributed by atoms with Gasteiger partial charge in [0.1, 0.15) is 5.82 Å². The molecule has 0 aromatic heterocycles. The minimum absolute atomic E-state index is 0.117. The zero-order valence-electron chi connectivity index (χ0n) is 12.4. The van der Waals surface area contributed by atoms with Crippen LogP contribution in [0, 0.1) is 5.82 Å². The lowest BCUT2D eigenvalue weighted by atomic mass is 10.0. The van der Waals surface area contributed by atoms with Crippen LogP contribution in [0.5, 0.6) is 0 Å². The van der Waals surface area contributed by atoms with Gasteiger partial charge in [-0.3, -0.25) is 4.79 Å².